The van der Waals surface area contributed by atoms with E-state index in [1.54, 1.807) is 54.7 Å². The standard InChI is InChI=1S/C18H14ClN3O3/c19-14-8-9-15(17-13(14)7-4-10-20-17)25-11-16(23)21-22-18(24)12-5-2-1-3-6-12/h1-10H,11H2,(H,21,23)(H,22,24). The van der Waals surface area contributed by atoms with Gasteiger partial charge in [-0.3, -0.25) is 25.4 Å². The van der Waals surface area contributed by atoms with Crippen molar-refractivity contribution in [1.82, 2.24) is 15.8 Å². The molecular weight excluding hydrogens is 342 g/mol. The summed E-state index contributed by atoms with van der Waals surface area (Å²) in [6.45, 7) is -0.275. The molecule has 1 aromatic heterocycles. The number of halogens is 1. The van der Waals surface area contributed by atoms with Crippen molar-refractivity contribution in [1.29, 1.82) is 0 Å². The lowest BCUT2D eigenvalue weighted by Crippen LogP contribution is -2.43. The van der Waals surface area contributed by atoms with Crippen LogP contribution in [0.1, 0.15) is 10.4 Å². The molecule has 0 unspecified atom stereocenters. The number of rotatable bonds is 4. The van der Waals surface area contributed by atoms with Crippen molar-refractivity contribution in [2.75, 3.05) is 6.61 Å². The lowest BCUT2D eigenvalue weighted by molar-refractivity contribution is -0.123. The molecule has 0 bridgehead atoms. The summed E-state index contributed by atoms with van der Waals surface area (Å²) in [6.07, 6.45) is 1.62. The second kappa shape index (κ2) is 7.63. The second-order valence-electron chi connectivity index (χ2n) is 5.10. The summed E-state index contributed by atoms with van der Waals surface area (Å²) >= 11 is 6.11. The number of carbonyl (C=O) groups is 2. The molecule has 3 rings (SSSR count). The van der Waals surface area contributed by atoms with Gasteiger partial charge in [-0.2, -0.15) is 0 Å². The number of carbonyl (C=O) groups excluding carboxylic acids is 2. The Morgan fingerprint density at radius 2 is 1.80 bits per heavy atom. The molecule has 2 amide bonds. The topological polar surface area (TPSA) is 80.3 Å². The van der Waals surface area contributed by atoms with Crippen molar-refractivity contribution >= 4 is 34.3 Å². The van der Waals surface area contributed by atoms with Crippen LogP contribution in [0.15, 0.2) is 60.8 Å². The fourth-order valence-electron chi connectivity index (χ4n) is 2.20. The van der Waals surface area contributed by atoms with Crippen LogP contribution in [0, 0.1) is 0 Å². The highest BCUT2D eigenvalue weighted by molar-refractivity contribution is 6.35. The Labute approximate surface area is 148 Å². The summed E-state index contributed by atoms with van der Waals surface area (Å²) in [6, 6.07) is 15.5. The second-order valence-corrected chi connectivity index (χ2v) is 5.51. The predicted octanol–water partition coefficient (Wildman–Crippen LogP) is 2.73. The third-order valence-electron chi connectivity index (χ3n) is 3.39. The van der Waals surface area contributed by atoms with E-state index in [0.29, 0.717) is 21.9 Å². The Kier molecular flexibility index (Phi) is 5.11. The van der Waals surface area contributed by atoms with Gasteiger partial charge in [-0.05, 0) is 36.4 Å². The Morgan fingerprint density at radius 1 is 1.00 bits per heavy atom. The molecule has 0 aliphatic rings. The number of nitrogens with zero attached hydrogens (tertiary/aromatic N) is 1. The van der Waals surface area contributed by atoms with Gasteiger partial charge in [-0.25, -0.2) is 0 Å². The van der Waals surface area contributed by atoms with Crippen LogP contribution in [0.2, 0.25) is 5.02 Å². The zero-order valence-electron chi connectivity index (χ0n) is 13.0. The van der Waals surface area contributed by atoms with Crippen LogP contribution in [-0.4, -0.2) is 23.4 Å². The van der Waals surface area contributed by atoms with E-state index in [1.165, 1.54) is 0 Å². The molecule has 25 heavy (non-hydrogen) atoms. The van der Waals surface area contributed by atoms with Gasteiger partial charge in [0, 0.05) is 17.1 Å². The molecule has 0 saturated heterocycles. The molecule has 3 aromatic rings. The maximum atomic E-state index is 11.9. The minimum Gasteiger partial charge on any atom is -0.481 e. The van der Waals surface area contributed by atoms with Crippen LogP contribution in [0.4, 0.5) is 0 Å². The van der Waals surface area contributed by atoms with Gasteiger partial charge in [0.1, 0.15) is 11.3 Å². The Balaban J connectivity index is 1.58. The van der Waals surface area contributed by atoms with Gasteiger partial charge < -0.3 is 4.74 Å². The number of hydrogen-bond donors (Lipinski definition) is 2. The van der Waals surface area contributed by atoms with E-state index >= 15 is 0 Å². The van der Waals surface area contributed by atoms with E-state index in [2.05, 4.69) is 15.8 Å². The van der Waals surface area contributed by atoms with Gasteiger partial charge in [-0.1, -0.05) is 29.8 Å². The first-order chi connectivity index (χ1) is 12.1. The molecule has 0 spiro atoms. The molecule has 0 radical (unpaired) electrons. The number of pyridine rings is 1. The number of amides is 2. The average molecular weight is 356 g/mol. The highest BCUT2D eigenvalue weighted by Crippen LogP contribution is 2.29. The van der Waals surface area contributed by atoms with Crippen molar-refractivity contribution in [3.05, 3.63) is 71.4 Å². The van der Waals surface area contributed by atoms with Crippen LogP contribution in [0.3, 0.4) is 0 Å². The summed E-state index contributed by atoms with van der Waals surface area (Å²) in [5, 5.41) is 1.29. The van der Waals surface area contributed by atoms with Crippen LogP contribution in [0.25, 0.3) is 10.9 Å². The van der Waals surface area contributed by atoms with E-state index in [-0.39, 0.29) is 6.61 Å². The molecule has 126 valence electrons. The van der Waals surface area contributed by atoms with Gasteiger partial charge in [0.15, 0.2) is 6.61 Å². The van der Waals surface area contributed by atoms with Gasteiger partial charge in [0.05, 0.1) is 5.02 Å². The maximum absolute atomic E-state index is 11.9. The highest BCUT2D eigenvalue weighted by atomic mass is 35.5. The molecular formula is C18H14ClN3O3. The number of aromatic nitrogens is 1. The van der Waals surface area contributed by atoms with Crippen molar-refractivity contribution in [2.24, 2.45) is 0 Å². The summed E-state index contributed by atoms with van der Waals surface area (Å²) < 4.78 is 5.49. The van der Waals surface area contributed by atoms with Crippen LogP contribution in [-0.2, 0) is 4.79 Å². The van der Waals surface area contributed by atoms with Crippen molar-refractivity contribution < 1.29 is 14.3 Å². The zero-order valence-corrected chi connectivity index (χ0v) is 13.8. The monoisotopic (exact) mass is 355 g/mol. The van der Waals surface area contributed by atoms with Crippen molar-refractivity contribution in [2.45, 2.75) is 0 Å². The smallest absolute Gasteiger partial charge is 0.276 e. The quantitative estimate of drug-likeness (QED) is 0.705. The number of hydrogen-bond acceptors (Lipinski definition) is 4. The fourth-order valence-corrected chi connectivity index (χ4v) is 2.41. The number of hydrazine groups is 1. The van der Waals surface area contributed by atoms with Gasteiger partial charge in [-0.15, -0.1) is 0 Å². The molecule has 2 N–H and O–H groups in total. The molecule has 2 aromatic carbocycles. The van der Waals surface area contributed by atoms with E-state index in [0.717, 1.165) is 5.39 Å². The lowest BCUT2D eigenvalue weighted by atomic mass is 10.2. The molecule has 1 heterocycles. The minimum absolute atomic E-state index is 0.275. The largest absolute Gasteiger partial charge is 0.481 e. The first-order valence-electron chi connectivity index (χ1n) is 7.45. The molecule has 0 fully saturated rings. The van der Waals surface area contributed by atoms with E-state index in [9.17, 15) is 9.59 Å². The summed E-state index contributed by atoms with van der Waals surface area (Å²) in [5.74, 6) is -0.472. The number of nitrogens with one attached hydrogen (secondary N) is 2. The fraction of sp³-hybridized carbons (Fsp3) is 0.0556. The molecule has 0 atom stereocenters. The summed E-state index contributed by atoms with van der Waals surface area (Å²) in [4.78, 5) is 27.9. The first kappa shape index (κ1) is 16.7. The molecule has 0 saturated carbocycles. The lowest BCUT2D eigenvalue weighted by Gasteiger charge is -2.10. The summed E-state index contributed by atoms with van der Waals surface area (Å²) in [5.41, 5.74) is 5.63. The number of benzene rings is 2. The maximum Gasteiger partial charge on any atom is 0.276 e. The predicted molar refractivity (Wildman–Crippen MR) is 94.3 cm³/mol. The third kappa shape index (κ3) is 4.05. The number of ether oxygens (including phenoxy) is 1. The molecule has 7 heteroatoms. The van der Waals surface area contributed by atoms with E-state index in [4.69, 9.17) is 16.3 Å². The first-order valence-corrected chi connectivity index (χ1v) is 7.83. The average Bonchev–Trinajstić information content (AvgIpc) is 2.66. The van der Waals surface area contributed by atoms with E-state index in [1.807, 2.05) is 6.07 Å². The van der Waals surface area contributed by atoms with Gasteiger partial charge in [0.2, 0.25) is 0 Å². The minimum atomic E-state index is -0.497. The third-order valence-corrected chi connectivity index (χ3v) is 3.72. The summed E-state index contributed by atoms with van der Waals surface area (Å²) in [7, 11) is 0. The molecule has 0 aliphatic heterocycles. The molecule has 6 nitrogen and oxygen atoms in total. The van der Waals surface area contributed by atoms with Crippen LogP contribution < -0.4 is 15.6 Å². The Morgan fingerprint density at radius 3 is 2.60 bits per heavy atom. The van der Waals surface area contributed by atoms with Gasteiger partial charge in [0.25, 0.3) is 11.8 Å². The number of fused-ring (bicyclic) bond motifs is 1. The Bertz CT molecular complexity index is 916. The highest BCUT2D eigenvalue weighted by Gasteiger charge is 2.10. The van der Waals surface area contributed by atoms with Gasteiger partial charge >= 0.3 is 0 Å². The van der Waals surface area contributed by atoms with Crippen LogP contribution >= 0.6 is 11.6 Å². The van der Waals surface area contributed by atoms with Crippen molar-refractivity contribution in [3.63, 3.8) is 0 Å². The zero-order chi connectivity index (χ0) is 17.6. The van der Waals surface area contributed by atoms with Crippen molar-refractivity contribution in [3.8, 4) is 5.75 Å². The molecule has 0 aliphatic carbocycles. The Hall–Kier alpha value is -3.12. The van der Waals surface area contributed by atoms with E-state index < -0.39 is 11.8 Å². The SMILES string of the molecule is O=C(COc1ccc(Cl)c2cccnc12)NNC(=O)c1ccccc1. The normalized spacial score (nSPS) is 10.3. The van der Waals surface area contributed by atoms with Crippen LogP contribution in [0.5, 0.6) is 5.75 Å².